The maximum absolute atomic E-state index is 14.3. The van der Waals surface area contributed by atoms with Crippen LogP contribution in [0.2, 0.25) is 0 Å². The van der Waals surface area contributed by atoms with Gasteiger partial charge in [-0.2, -0.15) is 0 Å². The number of hydrogen-bond donors (Lipinski definition) is 11. The zero-order valence-corrected chi connectivity index (χ0v) is 38.6. The fourth-order valence-corrected chi connectivity index (χ4v) is 7.17. The van der Waals surface area contributed by atoms with Crippen LogP contribution < -0.4 is 43.4 Å². The van der Waals surface area contributed by atoms with E-state index in [-0.39, 0.29) is 57.0 Å². The molecule has 13 N–H and O–H groups in total. The van der Waals surface area contributed by atoms with Crippen molar-refractivity contribution in [1.29, 1.82) is 0 Å². The minimum absolute atomic E-state index is 0.0103. The number of phenols is 1. The van der Waals surface area contributed by atoms with Gasteiger partial charge in [-0.15, -0.1) is 0 Å². The molecule has 23 heteroatoms. The Labute approximate surface area is 384 Å². The van der Waals surface area contributed by atoms with Gasteiger partial charge in [-0.1, -0.05) is 39.8 Å². The molecule has 1 aromatic carbocycles. The topological polar surface area (TPSA) is 349 Å². The second-order valence-corrected chi connectivity index (χ2v) is 17.3. The van der Waals surface area contributed by atoms with Crippen molar-refractivity contribution in [2.24, 2.45) is 28.3 Å². The second kappa shape index (κ2) is 25.6. The molecule has 2 aromatic rings. The van der Waals surface area contributed by atoms with E-state index in [1.165, 1.54) is 36.5 Å². The van der Waals surface area contributed by atoms with Gasteiger partial charge in [0.1, 0.15) is 48.0 Å². The molecule has 364 valence electrons. The van der Waals surface area contributed by atoms with Crippen molar-refractivity contribution in [3.63, 3.8) is 0 Å². The van der Waals surface area contributed by atoms with Crippen molar-refractivity contribution in [2.45, 2.75) is 115 Å². The molecule has 7 amide bonds. The molecule has 3 rings (SSSR count). The molecule has 1 fully saturated rings. The minimum atomic E-state index is -1.34. The third-order valence-electron chi connectivity index (χ3n) is 10.7. The van der Waals surface area contributed by atoms with E-state index in [1.807, 2.05) is 0 Å². The number of aromatic nitrogens is 2. The molecule has 0 spiro atoms. The number of imidazole rings is 1. The minimum Gasteiger partial charge on any atom is -0.508 e. The van der Waals surface area contributed by atoms with Crippen molar-refractivity contribution in [3.8, 4) is 5.75 Å². The zero-order chi connectivity index (χ0) is 49.2. The van der Waals surface area contributed by atoms with Gasteiger partial charge in [0.15, 0.2) is 5.96 Å². The summed E-state index contributed by atoms with van der Waals surface area (Å²) in [4.78, 5) is 122. The lowest BCUT2D eigenvalue weighted by molar-refractivity contribution is -0.144. The first-order chi connectivity index (χ1) is 31.1. The van der Waals surface area contributed by atoms with Crippen LogP contribution in [0.3, 0.4) is 0 Å². The number of aromatic amines is 1. The molecule has 7 atom stereocenters. The van der Waals surface area contributed by atoms with Gasteiger partial charge in [-0.05, 0) is 76.2 Å². The van der Waals surface area contributed by atoms with Crippen LogP contribution in [-0.2, 0) is 51.2 Å². The number of hydrogen-bond acceptors (Lipinski definition) is 12. The molecule has 0 radical (unpaired) electrons. The molecule has 1 aliphatic rings. The molecule has 0 unspecified atom stereocenters. The normalized spacial score (nSPS) is 16.3. The van der Waals surface area contributed by atoms with Crippen molar-refractivity contribution in [2.75, 3.05) is 33.7 Å². The van der Waals surface area contributed by atoms with Gasteiger partial charge in [-0.3, -0.25) is 43.3 Å². The summed E-state index contributed by atoms with van der Waals surface area (Å²) in [7, 11) is 3.38. The SMILES string of the molecule is CC(C)[C@H](NC(=O)[C@H](CCCN=C(N)N)NC(=O)CN(C)C)C(=O)N[C@@H](Cc1ccc(O)cc1)C(=O)N[C@H](C(=O)N[C@@H](Cc1cnc[nH]1)C(=O)N1CCC[C@H]1C(=O)N[C@@H](C)C(=O)O)C(C)C. The second-order valence-electron chi connectivity index (χ2n) is 17.3. The number of rotatable bonds is 25. The van der Waals surface area contributed by atoms with Crippen LogP contribution in [0.1, 0.15) is 71.6 Å². The van der Waals surface area contributed by atoms with E-state index in [0.717, 1.165) is 0 Å². The number of carboxylic acid groups (broad SMARTS) is 1. The fourth-order valence-electron chi connectivity index (χ4n) is 7.17. The first-order valence-electron chi connectivity index (χ1n) is 21.9. The summed E-state index contributed by atoms with van der Waals surface area (Å²) in [5.74, 6) is -7.15. The van der Waals surface area contributed by atoms with Crippen LogP contribution in [0.15, 0.2) is 41.8 Å². The van der Waals surface area contributed by atoms with Gasteiger partial charge in [0.2, 0.25) is 41.4 Å². The maximum Gasteiger partial charge on any atom is 0.325 e. The number of guanidine groups is 1. The van der Waals surface area contributed by atoms with E-state index in [2.05, 4.69) is 46.9 Å². The van der Waals surface area contributed by atoms with Crippen molar-refractivity contribution >= 4 is 53.3 Å². The number of nitrogens with zero attached hydrogens (tertiary/aromatic N) is 4. The van der Waals surface area contributed by atoms with Gasteiger partial charge in [0, 0.05) is 37.8 Å². The predicted molar refractivity (Wildman–Crippen MR) is 242 cm³/mol. The van der Waals surface area contributed by atoms with Crippen molar-refractivity contribution in [3.05, 3.63) is 48.0 Å². The van der Waals surface area contributed by atoms with Gasteiger partial charge >= 0.3 is 5.97 Å². The Kier molecular flexibility index (Phi) is 20.8. The Balaban J connectivity index is 1.89. The predicted octanol–water partition coefficient (Wildman–Crippen LogP) is -2.17. The highest BCUT2D eigenvalue weighted by Gasteiger charge is 2.40. The summed E-state index contributed by atoms with van der Waals surface area (Å²) < 4.78 is 0. The average Bonchev–Trinajstić information content (AvgIpc) is 3.95. The lowest BCUT2D eigenvalue weighted by atomic mass is 9.98. The van der Waals surface area contributed by atoms with Crippen molar-refractivity contribution < 1.29 is 48.6 Å². The average molecular weight is 926 g/mol. The molecular formula is C43H67N13O10. The third kappa shape index (κ3) is 17.0. The summed E-state index contributed by atoms with van der Waals surface area (Å²) in [6.45, 7) is 8.35. The van der Waals surface area contributed by atoms with Crippen LogP contribution in [-0.4, -0.2) is 159 Å². The number of carbonyl (C=O) groups is 8. The van der Waals surface area contributed by atoms with E-state index in [1.54, 1.807) is 58.8 Å². The number of phenolic OH excluding ortho intramolecular Hbond substituents is 1. The lowest BCUT2D eigenvalue weighted by Gasteiger charge is -2.31. The smallest absolute Gasteiger partial charge is 0.325 e. The zero-order valence-electron chi connectivity index (χ0n) is 38.6. The first-order valence-corrected chi connectivity index (χ1v) is 21.9. The molecular weight excluding hydrogens is 859 g/mol. The van der Waals surface area contributed by atoms with E-state index < -0.39 is 101 Å². The number of likely N-dealkylation sites (N-methyl/N-ethyl adjacent to an activating group) is 1. The number of nitrogens with two attached hydrogens (primary N) is 2. The number of likely N-dealkylation sites (tertiary alicyclic amines) is 1. The highest BCUT2D eigenvalue weighted by Crippen LogP contribution is 2.21. The Morgan fingerprint density at radius 1 is 0.818 bits per heavy atom. The summed E-state index contributed by atoms with van der Waals surface area (Å²) in [6.07, 6.45) is 3.85. The Bertz CT molecular complexity index is 2010. The number of H-pyrrole nitrogens is 1. The molecule has 1 saturated heterocycles. The van der Waals surface area contributed by atoms with Crippen LogP contribution in [0.25, 0.3) is 0 Å². The number of aliphatic carboxylic acids is 1. The number of aromatic hydroxyl groups is 1. The number of aliphatic imine (C=N–C) groups is 1. The van der Waals surface area contributed by atoms with Crippen LogP contribution in [0.4, 0.5) is 0 Å². The van der Waals surface area contributed by atoms with Gasteiger partial charge in [0.25, 0.3) is 0 Å². The maximum atomic E-state index is 14.3. The van der Waals surface area contributed by atoms with Crippen LogP contribution in [0, 0.1) is 11.8 Å². The van der Waals surface area contributed by atoms with Gasteiger partial charge in [-0.25, -0.2) is 4.98 Å². The molecule has 1 aromatic heterocycles. The Morgan fingerprint density at radius 2 is 1.41 bits per heavy atom. The molecule has 1 aliphatic heterocycles. The van der Waals surface area contributed by atoms with Gasteiger partial charge < -0.3 is 68.4 Å². The Hall–Kier alpha value is -6.78. The molecule has 0 bridgehead atoms. The van der Waals surface area contributed by atoms with E-state index in [0.29, 0.717) is 24.1 Å². The molecule has 0 saturated carbocycles. The highest BCUT2D eigenvalue weighted by molar-refractivity contribution is 5.98. The fraction of sp³-hybridized carbons (Fsp3) is 0.581. The number of carbonyl (C=O) groups excluding carboxylic acids is 7. The highest BCUT2D eigenvalue weighted by atomic mass is 16.4. The standard InChI is InChI=1S/C43H67N13O10/c1-23(2)34(53-36(59)29(10-8-16-47-43(44)45)50-33(58)21-55(6)7)39(62)51-30(18-26-12-14-28(57)15-13-26)37(60)54-35(24(3)4)40(63)52-31(19-27-20-46-22-48-27)41(64)56-17-9-11-32(56)38(61)49-25(5)42(65)66/h12-15,20,22-25,29-32,34-35,57H,8-11,16-19,21H2,1-7H3,(H,46,48)(H,49,61)(H,50,58)(H,51,62)(H,52,63)(H,53,59)(H,54,60)(H,65,66)(H4,44,45,47)/t25-,29-,30-,31-,32-,34-,35-/m0/s1. The Morgan fingerprint density at radius 3 is 1.94 bits per heavy atom. The molecule has 2 heterocycles. The van der Waals surface area contributed by atoms with E-state index >= 15 is 0 Å². The number of nitrogens with one attached hydrogen (secondary N) is 7. The summed E-state index contributed by atoms with van der Waals surface area (Å²) >= 11 is 0. The molecule has 0 aliphatic carbocycles. The van der Waals surface area contributed by atoms with Crippen LogP contribution in [0.5, 0.6) is 5.75 Å². The molecule has 66 heavy (non-hydrogen) atoms. The monoisotopic (exact) mass is 926 g/mol. The quantitative estimate of drug-likeness (QED) is 0.0287. The summed E-state index contributed by atoms with van der Waals surface area (Å²) in [5.41, 5.74) is 11.9. The van der Waals surface area contributed by atoms with E-state index in [4.69, 9.17) is 11.5 Å². The van der Waals surface area contributed by atoms with E-state index in [9.17, 15) is 48.6 Å². The number of benzene rings is 1. The summed E-state index contributed by atoms with van der Waals surface area (Å²) in [5, 5.41) is 35.3. The van der Waals surface area contributed by atoms with Crippen molar-refractivity contribution in [1.82, 2.24) is 51.7 Å². The number of carboxylic acids is 1. The largest absolute Gasteiger partial charge is 0.508 e. The first kappa shape index (κ1) is 53.6. The van der Waals surface area contributed by atoms with Crippen LogP contribution >= 0.6 is 0 Å². The summed E-state index contributed by atoms with van der Waals surface area (Å²) in [6, 6.07) is -2.42. The molecule has 23 nitrogen and oxygen atoms in total. The number of amides is 7. The third-order valence-corrected chi connectivity index (χ3v) is 10.7. The van der Waals surface area contributed by atoms with Gasteiger partial charge in [0.05, 0.1) is 12.9 Å². The lowest BCUT2D eigenvalue weighted by Crippen LogP contribution is -2.61.